The minimum absolute atomic E-state index is 0.0241. The highest BCUT2D eigenvalue weighted by Crippen LogP contribution is 2.25. The zero-order valence-corrected chi connectivity index (χ0v) is 12.0. The third kappa shape index (κ3) is 3.72. The normalized spacial score (nSPS) is 11.7. The Hall–Kier alpha value is -2.63. The second-order valence-electron chi connectivity index (χ2n) is 4.37. The molecule has 0 aliphatic heterocycles. The lowest BCUT2D eigenvalue weighted by molar-refractivity contribution is -0.385. The summed E-state index contributed by atoms with van der Waals surface area (Å²) < 4.78 is 6.61. The first-order valence-electron chi connectivity index (χ1n) is 6.17. The van der Waals surface area contributed by atoms with Gasteiger partial charge >= 0.3 is 5.69 Å². The minimum atomic E-state index is -0.954. The van der Waals surface area contributed by atoms with Crippen molar-refractivity contribution < 1.29 is 14.8 Å². The summed E-state index contributed by atoms with van der Waals surface area (Å²) in [5.41, 5.74) is 0.0285. The highest BCUT2D eigenvalue weighted by Gasteiger charge is 2.14. The molecule has 0 fully saturated rings. The van der Waals surface area contributed by atoms with Crippen molar-refractivity contribution in [2.45, 2.75) is 12.6 Å². The number of nitrogens with zero attached hydrogens (tertiary/aromatic N) is 4. The van der Waals surface area contributed by atoms with Gasteiger partial charge in [0, 0.05) is 0 Å². The average molecular weight is 323 g/mol. The van der Waals surface area contributed by atoms with Crippen LogP contribution in [0.3, 0.4) is 0 Å². The van der Waals surface area contributed by atoms with Gasteiger partial charge in [-0.2, -0.15) is 10.4 Å². The maximum atomic E-state index is 10.5. The second kappa shape index (κ2) is 6.89. The first kappa shape index (κ1) is 15.8. The number of aromatic nitrogens is 2. The van der Waals surface area contributed by atoms with E-state index in [-0.39, 0.29) is 35.2 Å². The van der Waals surface area contributed by atoms with Crippen molar-refractivity contribution in [3.63, 3.8) is 0 Å². The zero-order valence-electron chi connectivity index (χ0n) is 11.2. The van der Waals surface area contributed by atoms with E-state index in [4.69, 9.17) is 21.6 Å². The van der Waals surface area contributed by atoms with E-state index in [0.29, 0.717) is 0 Å². The van der Waals surface area contributed by atoms with Crippen molar-refractivity contribution in [3.8, 4) is 11.8 Å². The van der Waals surface area contributed by atoms with Gasteiger partial charge < -0.3 is 9.84 Å². The summed E-state index contributed by atoms with van der Waals surface area (Å²) >= 11 is 5.86. The molecule has 0 saturated heterocycles. The van der Waals surface area contributed by atoms with E-state index in [1.807, 2.05) is 6.07 Å². The first-order chi connectivity index (χ1) is 10.5. The summed E-state index contributed by atoms with van der Waals surface area (Å²) in [6, 6.07) is 6.68. The summed E-state index contributed by atoms with van der Waals surface area (Å²) in [5, 5.41) is 33.4. The molecule has 0 spiro atoms. The van der Waals surface area contributed by atoms with Gasteiger partial charge in [0.2, 0.25) is 0 Å². The quantitative estimate of drug-likeness (QED) is 0.640. The zero-order chi connectivity index (χ0) is 16.1. The highest BCUT2D eigenvalue weighted by atomic mass is 35.5. The molecule has 114 valence electrons. The monoisotopic (exact) mass is 322 g/mol. The molecule has 0 unspecified atom stereocenters. The van der Waals surface area contributed by atoms with Gasteiger partial charge in [-0.25, -0.2) is 0 Å². The molecule has 2 rings (SSSR count). The lowest BCUT2D eigenvalue weighted by atomic mass is 10.2. The van der Waals surface area contributed by atoms with Crippen molar-refractivity contribution in [1.82, 2.24) is 9.78 Å². The van der Waals surface area contributed by atoms with Crippen LogP contribution in [-0.4, -0.2) is 32.5 Å². The number of nitro groups is 1. The van der Waals surface area contributed by atoms with Gasteiger partial charge in [0.15, 0.2) is 0 Å². The van der Waals surface area contributed by atoms with Crippen LogP contribution in [0.1, 0.15) is 5.56 Å². The molecule has 0 bridgehead atoms. The van der Waals surface area contributed by atoms with Crippen LogP contribution in [0.5, 0.6) is 5.75 Å². The van der Waals surface area contributed by atoms with Gasteiger partial charge in [-0.05, 0) is 12.1 Å². The maximum Gasteiger partial charge on any atom is 0.306 e. The van der Waals surface area contributed by atoms with Crippen molar-refractivity contribution >= 4 is 17.3 Å². The van der Waals surface area contributed by atoms with E-state index in [1.165, 1.54) is 10.9 Å². The van der Waals surface area contributed by atoms with Gasteiger partial charge in [0.25, 0.3) is 0 Å². The number of hydrogen-bond donors (Lipinski definition) is 1. The first-order valence-corrected chi connectivity index (χ1v) is 6.55. The van der Waals surface area contributed by atoms with Gasteiger partial charge in [-0.3, -0.25) is 14.8 Å². The van der Waals surface area contributed by atoms with E-state index in [2.05, 4.69) is 5.10 Å². The van der Waals surface area contributed by atoms with Crippen molar-refractivity contribution in [2.75, 3.05) is 6.61 Å². The fourth-order valence-corrected chi connectivity index (χ4v) is 1.94. The summed E-state index contributed by atoms with van der Waals surface area (Å²) in [6.45, 7) is -0.0844. The molecule has 0 saturated carbocycles. The number of aliphatic hydroxyl groups is 1. The van der Waals surface area contributed by atoms with E-state index in [1.54, 1.807) is 18.2 Å². The Labute approximate surface area is 130 Å². The standard InChI is InChI=1S/C13H11ClN4O4/c14-12-2-1-3-13(11(12)4-15)22-8-10(19)7-17-6-9(5-16-17)18(20)21/h1-3,5-6,10,19H,7-8H2/t10-/m1/s1. The molecule has 0 radical (unpaired) electrons. The van der Waals surface area contributed by atoms with Crippen molar-refractivity contribution in [1.29, 1.82) is 5.26 Å². The third-order valence-corrected chi connectivity index (χ3v) is 3.06. The molecule has 1 atom stereocenters. The number of ether oxygens (including phenoxy) is 1. The average Bonchev–Trinajstić information content (AvgIpc) is 2.94. The highest BCUT2D eigenvalue weighted by molar-refractivity contribution is 6.31. The molecular weight excluding hydrogens is 312 g/mol. The largest absolute Gasteiger partial charge is 0.489 e. The lowest BCUT2D eigenvalue weighted by Crippen LogP contribution is -2.24. The molecule has 2 aromatic rings. The van der Waals surface area contributed by atoms with Gasteiger partial charge in [-0.1, -0.05) is 17.7 Å². The van der Waals surface area contributed by atoms with E-state index >= 15 is 0 Å². The number of nitriles is 1. The predicted molar refractivity (Wildman–Crippen MR) is 76.6 cm³/mol. The Balaban J connectivity index is 1.95. The summed E-state index contributed by atoms with van der Waals surface area (Å²) in [4.78, 5) is 9.96. The Morgan fingerprint density at radius 1 is 1.59 bits per heavy atom. The topological polar surface area (TPSA) is 114 Å². The number of hydrogen-bond acceptors (Lipinski definition) is 6. The molecule has 1 aromatic heterocycles. The van der Waals surface area contributed by atoms with Crippen LogP contribution in [0, 0.1) is 21.4 Å². The van der Waals surface area contributed by atoms with Crippen LogP contribution in [0.2, 0.25) is 5.02 Å². The second-order valence-corrected chi connectivity index (χ2v) is 4.77. The van der Waals surface area contributed by atoms with Crippen molar-refractivity contribution in [3.05, 3.63) is 51.3 Å². The predicted octanol–water partition coefficient (Wildman–Crippen LogP) is 1.76. The van der Waals surface area contributed by atoms with Crippen LogP contribution in [0.4, 0.5) is 5.69 Å². The van der Waals surface area contributed by atoms with Gasteiger partial charge in [0.05, 0.1) is 16.5 Å². The fourth-order valence-electron chi connectivity index (χ4n) is 1.73. The Morgan fingerprint density at radius 3 is 3.00 bits per heavy atom. The summed E-state index contributed by atoms with van der Waals surface area (Å²) in [6.07, 6.45) is 1.35. The van der Waals surface area contributed by atoms with Crippen LogP contribution < -0.4 is 4.74 Å². The molecule has 0 aliphatic carbocycles. The minimum Gasteiger partial charge on any atom is -0.489 e. The SMILES string of the molecule is N#Cc1c(Cl)cccc1OC[C@H](O)Cn1cc([N+](=O)[O-])cn1. The Bertz CT molecular complexity index is 725. The smallest absolute Gasteiger partial charge is 0.306 e. The maximum absolute atomic E-state index is 10.5. The molecule has 1 aromatic carbocycles. The molecule has 0 amide bonds. The van der Waals surface area contributed by atoms with Crippen LogP contribution >= 0.6 is 11.6 Å². The fraction of sp³-hybridized carbons (Fsp3) is 0.231. The van der Waals surface area contributed by atoms with E-state index < -0.39 is 11.0 Å². The number of aliphatic hydroxyl groups excluding tert-OH is 1. The van der Waals surface area contributed by atoms with E-state index in [9.17, 15) is 15.2 Å². The lowest BCUT2D eigenvalue weighted by Gasteiger charge is -2.13. The molecule has 1 N–H and O–H groups in total. The molecule has 1 heterocycles. The summed E-state index contributed by atoms with van der Waals surface area (Å²) in [7, 11) is 0. The molecular formula is C13H11ClN4O4. The number of rotatable bonds is 6. The van der Waals surface area contributed by atoms with Gasteiger partial charge in [0.1, 0.15) is 42.5 Å². The van der Waals surface area contributed by atoms with Crippen LogP contribution in [0.25, 0.3) is 0 Å². The van der Waals surface area contributed by atoms with E-state index in [0.717, 1.165) is 6.20 Å². The molecule has 22 heavy (non-hydrogen) atoms. The molecule has 8 nitrogen and oxygen atoms in total. The number of halogens is 1. The Kier molecular flexibility index (Phi) is 4.93. The van der Waals surface area contributed by atoms with Crippen LogP contribution in [0.15, 0.2) is 30.6 Å². The molecule has 9 heteroatoms. The van der Waals surface area contributed by atoms with Crippen LogP contribution in [-0.2, 0) is 6.54 Å². The molecule has 0 aliphatic rings. The summed E-state index contributed by atoms with van der Waals surface area (Å²) in [5.74, 6) is 0.264. The number of benzene rings is 1. The van der Waals surface area contributed by atoms with Crippen molar-refractivity contribution in [2.24, 2.45) is 0 Å². The Morgan fingerprint density at radius 2 is 2.36 bits per heavy atom. The third-order valence-electron chi connectivity index (χ3n) is 2.75. The van der Waals surface area contributed by atoms with Gasteiger partial charge in [-0.15, -0.1) is 0 Å².